The molecule has 0 bridgehead atoms. The van der Waals surface area contributed by atoms with Crippen LogP contribution in [0.25, 0.3) is 0 Å². The van der Waals surface area contributed by atoms with Crippen molar-refractivity contribution in [1.82, 2.24) is 4.90 Å². The minimum Gasteiger partial charge on any atom is -0.396 e. The highest BCUT2D eigenvalue weighted by Crippen LogP contribution is 2.26. The number of aliphatic hydroxyl groups excluding tert-OH is 1. The second kappa shape index (κ2) is 5.86. The van der Waals surface area contributed by atoms with Crippen molar-refractivity contribution in [3.63, 3.8) is 0 Å². The van der Waals surface area contributed by atoms with Crippen molar-refractivity contribution in [3.05, 3.63) is 0 Å². The van der Waals surface area contributed by atoms with Crippen molar-refractivity contribution < 1.29 is 5.11 Å². The van der Waals surface area contributed by atoms with Gasteiger partial charge in [-0.3, -0.25) is 0 Å². The molecule has 1 aliphatic rings. The van der Waals surface area contributed by atoms with Gasteiger partial charge in [0.25, 0.3) is 0 Å². The molecule has 1 rings (SSSR count). The minimum atomic E-state index is 0.117. The lowest BCUT2D eigenvalue weighted by molar-refractivity contribution is 0.0608. The van der Waals surface area contributed by atoms with Gasteiger partial charge in [0.15, 0.2) is 0 Å². The Morgan fingerprint density at radius 2 is 2.20 bits per heavy atom. The van der Waals surface area contributed by atoms with Gasteiger partial charge in [-0.05, 0) is 31.7 Å². The van der Waals surface area contributed by atoms with E-state index in [0.29, 0.717) is 6.61 Å². The van der Waals surface area contributed by atoms with Gasteiger partial charge in [0, 0.05) is 25.1 Å². The number of aliphatic hydroxyl groups is 1. The number of hydrogen-bond acceptors (Lipinski definition) is 2. The molecular formula is C13H27NO. The van der Waals surface area contributed by atoms with E-state index in [1.54, 1.807) is 0 Å². The molecule has 1 saturated heterocycles. The van der Waals surface area contributed by atoms with E-state index in [2.05, 4.69) is 25.7 Å². The zero-order valence-corrected chi connectivity index (χ0v) is 10.6. The summed E-state index contributed by atoms with van der Waals surface area (Å²) in [7, 11) is 0. The van der Waals surface area contributed by atoms with Crippen LogP contribution in [0, 0.1) is 11.3 Å². The molecule has 2 nitrogen and oxygen atoms in total. The molecule has 1 heterocycles. The lowest BCUT2D eigenvalue weighted by Crippen LogP contribution is -2.43. The third kappa shape index (κ3) is 4.12. The van der Waals surface area contributed by atoms with Crippen LogP contribution in [0.2, 0.25) is 0 Å². The van der Waals surface area contributed by atoms with Crippen LogP contribution in [0.15, 0.2) is 0 Å². The Balaban J connectivity index is 2.43. The molecule has 0 aromatic rings. The van der Waals surface area contributed by atoms with Crippen molar-refractivity contribution in [3.8, 4) is 0 Å². The molecule has 1 N–H and O–H groups in total. The molecular weight excluding hydrogens is 186 g/mol. The molecule has 2 unspecified atom stereocenters. The third-order valence-corrected chi connectivity index (χ3v) is 3.58. The first-order valence-electron chi connectivity index (χ1n) is 6.43. The van der Waals surface area contributed by atoms with E-state index < -0.39 is 0 Å². The van der Waals surface area contributed by atoms with Gasteiger partial charge in [-0.25, -0.2) is 0 Å². The minimum absolute atomic E-state index is 0.117. The molecule has 0 amide bonds. The average Bonchev–Trinajstić information content (AvgIpc) is 2.18. The van der Waals surface area contributed by atoms with Crippen molar-refractivity contribution >= 4 is 0 Å². The largest absolute Gasteiger partial charge is 0.396 e. The molecule has 2 atom stereocenters. The van der Waals surface area contributed by atoms with Crippen LogP contribution < -0.4 is 0 Å². The van der Waals surface area contributed by atoms with Gasteiger partial charge in [-0.15, -0.1) is 0 Å². The SMILES string of the molecule is CCCC(C)(CO)CN1CCCC(C)C1. The Hall–Kier alpha value is -0.0800. The van der Waals surface area contributed by atoms with Gasteiger partial charge in [0.05, 0.1) is 0 Å². The Bertz CT molecular complexity index is 183. The molecule has 0 aromatic heterocycles. The zero-order chi connectivity index (χ0) is 11.3. The van der Waals surface area contributed by atoms with Gasteiger partial charge in [0.2, 0.25) is 0 Å². The van der Waals surface area contributed by atoms with Gasteiger partial charge < -0.3 is 10.0 Å². The van der Waals surface area contributed by atoms with Gasteiger partial charge in [0.1, 0.15) is 0 Å². The highest BCUT2D eigenvalue weighted by molar-refractivity contribution is 4.80. The van der Waals surface area contributed by atoms with E-state index in [4.69, 9.17) is 0 Å². The number of nitrogens with zero attached hydrogens (tertiary/aromatic N) is 1. The molecule has 2 heteroatoms. The number of rotatable bonds is 5. The first-order valence-corrected chi connectivity index (χ1v) is 6.43. The van der Waals surface area contributed by atoms with Crippen LogP contribution >= 0.6 is 0 Å². The van der Waals surface area contributed by atoms with Gasteiger partial charge in [-0.1, -0.05) is 27.2 Å². The van der Waals surface area contributed by atoms with E-state index in [1.165, 1.54) is 32.4 Å². The second-order valence-corrected chi connectivity index (χ2v) is 5.70. The summed E-state index contributed by atoms with van der Waals surface area (Å²) in [4.78, 5) is 2.54. The maximum Gasteiger partial charge on any atom is 0.0497 e. The highest BCUT2D eigenvalue weighted by Gasteiger charge is 2.27. The maximum absolute atomic E-state index is 9.49. The molecule has 0 aliphatic carbocycles. The zero-order valence-electron chi connectivity index (χ0n) is 10.6. The quantitative estimate of drug-likeness (QED) is 0.758. The van der Waals surface area contributed by atoms with Crippen molar-refractivity contribution in [2.24, 2.45) is 11.3 Å². The summed E-state index contributed by atoms with van der Waals surface area (Å²) >= 11 is 0. The predicted octanol–water partition coefficient (Wildman–Crippen LogP) is 2.52. The fourth-order valence-corrected chi connectivity index (χ4v) is 2.78. The van der Waals surface area contributed by atoms with E-state index in [-0.39, 0.29) is 5.41 Å². The molecule has 0 radical (unpaired) electrons. The predicted molar refractivity (Wildman–Crippen MR) is 64.9 cm³/mol. The Labute approximate surface area is 94.7 Å². The van der Waals surface area contributed by atoms with Crippen LogP contribution in [0.1, 0.15) is 46.5 Å². The molecule has 0 aromatic carbocycles. The summed E-state index contributed by atoms with van der Waals surface area (Å²) < 4.78 is 0. The molecule has 90 valence electrons. The summed E-state index contributed by atoms with van der Waals surface area (Å²) in [5.41, 5.74) is 0.117. The van der Waals surface area contributed by atoms with Gasteiger partial charge in [-0.2, -0.15) is 0 Å². The molecule has 1 aliphatic heterocycles. The number of hydrogen-bond donors (Lipinski definition) is 1. The first-order chi connectivity index (χ1) is 7.09. The van der Waals surface area contributed by atoms with Crippen LogP contribution in [-0.4, -0.2) is 36.2 Å². The fraction of sp³-hybridized carbons (Fsp3) is 1.00. The van der Waals surface area contributed by atoms with Crippen LogP contribution in [-0.2, 0) is 0 Å². The summed E-state index contributed by atoms with van der Waals surface area (Å²) in [6.07, 6.45) is 5.00. The summed E-state index contributed by atoms with van der Waals surface area (Å²) in [5.74, 6) is 0.836. The van der Waals surface area contributed by atoms with E-state index in [9.17, 15) is 5.11 Å². The topological polar surface area (TPSA) is 23.5 Å². The van der Waals surface area contributed by atoms with Crippen molar-refractivity contribution in [1.29, 1.82) is 0 Å². The van der Waals surface area contributed by atoms with Crippen LogP contribution in [0.3, 0.4) is 0 Å². The normalized spacial score (nSPS) is 27.6. The maximum atomic E-state index is 9.49. The molecule has 1 fully saturated rings. The molecule has 0 spiro atoms. The fourth-order valence-electron chi connectivity index (χ4n) is 2.78. The number of likely N-dealkylation sites (tertiary alicyclic amines) is 1. The van der Waals surface area contributed by atoms with E-state index in [1.807, 2.05) is 0 Å². The molecule has 0 saturated carbocycles. The number of piperidine rings is 1. The summed E-state index contributed by atoms with van der Waals surface area (Å²) in [6.45, 7) is 10.6. The lowest BCUT2D eigenvalue weighted by Gasteiger charge is -2.38. The summed E-state index contributed by atoms with van der Waals surface area (Å²) in [5, 5.41) is 9.49. The van der Waals surface area contributed by atoms with Gasteiger partial charge >= 0.3 is 0 Å². The molecule has 15 heavy (non-hydrogen) atoms. The van der Waals surface area contributed by atoms with Crippen molar-refractivity contribution in [2.45, 2.75) is 46.5 Å². The Kier molecular flexibility index (Phi) is 5.07. The highest BCUT2D eigenvalue weighted by atomic mass is 16.3. The van der Waals surface area contributed by atoms with E-state index in [0.717, 1.165) is 18.9 Å². The van der Waals surface area contributed by atoms with Crippen molar-refractivity contribution in [2.75, 3.05) is 26.2 Å². The standard InChI is InChI=1S/C13H27NO/c1-4-7-13(3,11-15)10-14-8-5-6-12(2)9-14/h12,15H,4-11H2,1-3H3. The Morgan fingerprint density at radius 3 is 2.73 bits per heavy atom. The second-order valence-electron chi connectivity index (χ2n) is 5.70. The smallest absolute Gasteiger partial charge is 0.0497 e. The van der Waals surface area contributed by atoms with Crippen LogP contribution in [0.4, 0.5) is 0 Å². The van der Waals surface area contributed by atoms with Crippen LogP contribution in [0.5, 0.6) is 0 Å². The van der Waals surface area contributed by atoms with E-state index >= 15 is 0 Å². The third-order valence-electron chi connectivity index (χ3n) is 3.58. The first kappa shape index (κ1) is 13.0. The Morgan fingerprint density at radius 1 is 1.47 bits per heavy atom. The monoisotopic (exact) mass is 213 g/mol. The lowest BCUT2D eigenvalue weighted by atomic mass is 9.85. The average molecular weight is 213 g/mol. The summed E-state index contributed by atoms with van der Waals surface area (Å²) in [6, 6.07) is 0.